The van der Waals surface area contributed by atoms with Crippen LogP contribution in [0.3, 0.4) is 0 Å². The number of pyridine rings is 1. The molecule has 1 fully saturated rings. The Bertz CT molecular complexity index is 1550. The monoisotopic (exact) mass is 575 g/mol. The van der Waals surface area contributed by atoms with Crippen molar-refractivity contribution in [1.82, 2.24) is 29.2 Å². The van der Waals surface area contributed by atoms with Gasteiger partial charge in [0.1, 0.15) is 11.6 Å². The number of nitrogen functional groups attached to an aromatic ring is 1. The molecule has 3 aromatic heterocycles. The molecule has 5 rings (SSSR count). The summed E-state index contributed by atoms with van der Waals surface area (Å²) in [6.07, 6.45) is 4.83. The first-order valence-electron chi connectivity index (χ1n) is 11.7. The van der Waals surface area contributed by atoms with Crippen LogP contribution in [0.15, 0.2) is 41.1 Å². The van der Waals surface area contributed by atoms with E-state index in [2.05, 4.69) is 31.3 Å². The zero-order valence-corrected chi connectivity index (χ0v) is 22.4. The zero-order chi connectivity index (χ0) is 25.6. The molecule has 0 amide bonds. The van der Waals surface area contributed by atoms with Crippen molar-refractivity contribution in [2.24, 2.45) is 0 Å². The first kappa shape index (κ1) is 25.0. The van der Waals surface area contributed by atoms with Crippen molar-refractivity contribution in [2.45, 2.75) is 44.5 Å². The third-order valence-electron chi connectivity index (χ3n) is 6.61. The Hall–Kier alpha value is -2.67. The van der Waals surface area contributed by atoms with Crippen LogP contribution in [0.4, 0.5) is 10.2 Å². The van der Waals surface area contributed by atoms with Crippen LogP contribution in [0.1, 0.15) is 32.4 Å². The van der Waals surface area contributed by atoms with Crippen LogP contribution in [-0.2, 0) is 16.6 Å². The van der Waals surface area contributed by atoms with Crippen LogP contribution in [0.25, 0.3) is 27.7 Å². The number of benzene rings is 1. The van der Waals surface area contributed by atoms with Gasteiger partial charge >= 0.3 is 0 Å². The molecular formula is C24H27BrFN7O2S. The predicted molar refractivity (Wildman–Crippen MR) is 141 cm³/mol. The number of sulfonamides is 1. The molecule has 0 spiro atoms. The molecule has 1 saturated heterocycles. The van der Waals surface area contributed by atoms with Crippen LogP contribution in [0.5, 0.6) is 0 Å². The number of aromatic nitrogens is 4. The number of fused-ring (bicyclic) bond motifs is 2. The first-order chi connectivity index (χ1) is 17.1. The third-order valence-corrected chi connectivity index (χ3v) is 9.75. The molecule has 3 N–H and O–H groups in total. The minimum absolute atomic E-state index is 0.165. The lowest BCUT2D eigenvalue weighted by Crippen LogP contribution is -2.46. The van der Waals surface area contributed by atoms with Crippen LogP contribution < -0.4 is 11.1 Å². The van der Waals surface area contributed by atoms with E-state index in [0.29, 0.717) is 46.5 Å². The highest BCUT2D eigenvalue weighted by Crippen LogP contribution is 2.31. The fourth-order valence-corrected chi connectivity index (χ4v) is 6.18. The second-order valence-corrected chi connectivity index (χ2v) is 12.5. The van der Waals surface area contributed by atoms with E-state index in [-0.39, 0.29) is 11.9 Å². The van der Waals surface area contributed by atoms with Crippen LogP contribution in [-0.4, -0.2) is 56.7 Å². The SMILES string of the molecule is CC(C)S(=O)(=O)N1CCC(NCc2nc3c(-c4cnc5ccc(F)cc5c4)cnn3c(N)c2Br)CC1. The van der Waals surface area contributed by atoms with Gasteiger partial charge in [0.15, 0.2) is 5.65 Å². The Labute approximate surface area is 217 Å². The van der Waals surface area contributed by atoms with Crippen molar-refractivity contribution in [3.05, 3.63) is 52.6 Å². The standard InChI is InChI=1S/C24H27BrFN7O2S/c1-14(2)36(34,35)32-7-5-18(6-8-32)28-13-21-22(25)23(27)33-24(31-21)19(12-30-33)16-9-15-10-17(26)3-4-20(15)29-11-16/h3-4,9-12,14,18,28H,5-8,13,27H2,1-2H3. The smallest absolute Gasteiger partial charge is 0.216 e. The molecule has 1 aliphatic heterocycles. The molecule has 0 radical (unpaired) electrons. The van der Waals surface area contributed by atoms with Crippen molar-refractivity contribution in [1.29, 1.82) is 0 Å². The summed E-state index contributed by atoms with van der Waals surface area (Å²) in [6.45, 7) is 4.86. The molecule has 9 nitrogen and oxygen atoms in total. The molecule has 0 atom stereocenters. The molecule has 1 aromatic carbocycles. The van der Waals surface area contributed by atoms with Gasteiger partial charge in [0, 0.05) is 48.4 Å². The van der Waals surface area contributed by atoms with Gasteiger partial charge in [0.2, 0.25) is 10.0 Å². The quantitative estimate of drug-likeness (QED) is 0.359. The van der Waals surface area contributed by atoms with Gasteiger partial charge in [-0.1, -0.05) is 0 Å². The summed E-state index contributed by atoms with van der Waals surface area (Å²) in [4.78, 5) is 9.28. The van der Waals surface area contributed by atoms with Gasteiger partial charge in [0.05, 0.1) is 27.1 Å². The highest BCUT2D eigenvalue weighted by Gasteiger charge is 2.30. The molecule has 1 aliphatic rings. The number of nitrogens with zero attached hydrogens (tertiary/aromatic N) is 5. The Morgan fingerprint density at radius 3 is 2.69 bits per heavy atom. The summed E-state index contributed by atoms with van der Waals surface area (Å²) in [5, 5.41) is 8.17. The molecule has 0 saturated carbocycles. The summed E-state index contributed by atoms with van der Waals surface area (Å²) in [5.41, 5.74) is 9.86. The molecule has 0 aliphatic carbocycles. The Balaban J connectivity index is 1.38. The summed E-state index contributed by atoms with van der Waals surface area (Å²) in [7, 11) is -3.23. The molecule has 4 heterocycles. The normalized spacial score (nSPS) is 15.9. The average molecular weight is 576 g/mol. The highest BCUT2D eigenvalue weighted by atomic mass is 79.9. The lowest BCUT2D eigenvalue weighted by atomic mass is 10.1. The Kier molecular flexibility index (Phi) is 6.70. The second-order valence-electron chi connectivity index (χ2n) is 9.26. The number of nitrogens with two attached hydrogens (primary N) is 1. The van der Waals surface area contributed by atoms with Crippen molar-refractivity contribution < 1.29 is 12.8 Å². The van der Waals surface area contributed by atoms with E-state index < -0.39 is 15.3 Å². The van der Waals surface area contributed by atoms with Crippen LogP contribution in [0, 0.1) is 5.82 Å². The van der Waals surface area contributed by atoms with Crippen molar-refractivity contribution in [3.8, 4) is 11.1 Å². The van der Waals surface area contributed by atoms with Gasteiger partial charge in [0.25, 0.3) is 0 Å². The molecule has 0 bridgehead atoms. The molecule has 36 heavy (non-hydrogen) atoms. The summed E-state index contributed by atoms with van der Waals surface area (Å²) in [5.74, 6) is 0.0919. The first-order valence-corrected chi connectivity index (χ1v) is 14.0. The lowest BCUT2D eigenvalue weighted by Gasteiger charge is -2.32. The minimum atomic E-state index is -3.23. The molecular weight excluding hydrogens is 549 g/mol. The predicted octanol–water partition coefficient (Wildman–Crippen LogP) is 3.72. The van der Waals surface area contributed by atoms with E-state index in [9.17, 15) is 12.8 Å². The fourth-order valence-electron chi connectivity index (χ4n) is 4.47. The van der Waals surface area contributed by atoms with E-state index in [1.54, 1.807) is 41.1 Å². The lowest BCUT2D eigenvalue weighted by molar-refractivity contribution is 0.286. The van der Waals surface area contributed by atoms with Crippen molar-refractivity contribution in [3.63, 3.8) is 0 Å². The number of nitrogens with one attached hydrogen (secondary N) is 1. The number of halogens is 2. The topological polar surface area (TPSA) is 119 Å². The number of piperidine rings is 1. The highest BCUT2D eigenvalue weighted by molar-refractivity contribution is 9.10. The maximum absolute atomic E-state index is 13.7. The number of hydrogen-bond donors (Lipinski definition) is 2. The fraction of sp³-hybridized carbons (Fsp3) is 0.375. The molecule has 12 heteroatoms. The van der Waals surface area contributed by atoms with Gasteiger partial charge in [-0.15, -0.1) is 0 Å². The van der Waals surface area contributed by atoms with Crippen LogP contribution in [0.2, 0.25) is 0 Å². The maximum Gasteiger partial charge on any atom is 0.216 e. The van der Waals surface area contributed by atoms with Crippen LogP contribution >= 0.6 is 15.9 Å². The van der Waals surface area contributed by atoms with E-state index in [4.69, 9.17) is 10.7 Å². The third kappa shape index (κ3) is 4.58. The van der Waals surface area contributed by atoms with E-state index in [1.807, 2.05) is 6.07 Å². The largest absolute Gasteiger partial charge is 0.383 e. The molecule has 0 unspecified atom stereocenters. The van der Waals surface area contributed by atoms with Crippen molar-refractivity contribution in [2.75, 3.05) is 18.8 Å². The zero-order valence-electron chi connectivity index (χ0n) is 19.9. The van der Waals surface area contributed by atoms with Crippen molar-refractivity contribution >= 4 is 48.3 Å². The number of hydrogen-bond acceptors (Lipinski definition) is 7. The van der Waals surface area contributed by atoms with Gasteiger partial charge in [-0.25, -0.2) is 22.1 Å². The number of anilines is 1. The summed E-state index contributed by atoms with van der Waals surface area (Å²) < 4.78 is 42.4. The minimum Gasteiger partial charge on any atom is -0.383 e. The molecule has 4 aromatic rings. The Morgan fingerprint density at radius 2 is 1.97 bits per heavy atom. The number of rotatable bonds is 6. The van der Waals surface area contributed by atoms with E-state index in [1.165, 1.54) is 12.1 Å². The van der Waals surface area contributed by atoms with Gasteiger partial charge < -0.3 is 11.1 Å². The van der Waals surface area contributed by atoms with Gasteiger partial charge in [-0.2, -0.15) is 9.61 Å². The average Bonchev–Trinajstić information content (AvgIpc) is 3.29. The summed E-state index contributed by atoms with van der Waals surface area (Å²) >= 11 is 3.55. The molecule has 190 valence electrons. The van der Waals surface area contributed by atoms with E-state index in [0.717, 1.165) is 29.7 Å². The Morgan fingerprint density at radius 1 is 1.22 bits per heavy atom. The second kappa shape index (κ2) is 9.66. The van der Waals surface area contributed by atoms with E-state index >= 15 is 0 Å². The maximum atomic E-state index is 13.7. The van der Waals surface area contributed by atoms with Gasteiger partial charge in [-0.05, 0) is 66.9 Å². The van der Waals surface area contributed by atoms with Gasteiger partial charge in [-0.3, -0.25) is 4.98 Å². The summed E-state index contributed by atoms with van der Waals surface area (Å²) in [6, 6.07) is 6.50.